The summed E-state index contributed by atoms with van der Waals surface area (Å²) in [6, 6.07) is 7.59. The van der Waals surface area contributed by atoms with E-state index in [1.54, 1.807) is 7.05 Å². The van der Waals surface area contributed by atoms with Crippen molar-refractivity contribution in [1.82, 2.24) is 15.3 Å². The van der Waals surface area contributed by atoms with E-state index in [2.05, 4.69) is 20.6 Å². The third-order valence-corrected chi connectivity index (χ3v) is 2.70. The third kappa shape index (κ3) is 2.68. The summed E-state index contributed by atoms with van der Waals surface area (Å²) in [6.07, 6.45) is 0. The number of rotatable bonds is 4. The molecule has 1 heterocycles. The van der Waals surface area contributed by atoms with E-state index in [1.807, 2.05) is 24.3 Å². The van der Waals surface area contributed by atoms with Gasteiger partial charge in [-0.15, -0.1) is 11.6 Å². The van der Waals surface area contributed by atoms with Crippen LogP contribution in [0.15, 0.2) is 24.3 Å². The molecule has 0 saturated heterocycles. The number of carbonyl (C=O) groups excluding carboxylic acids is 1. The van der Waals surface area contributed by atoms with Gasteiger partial charge in [-0.3, -0.25) is 4.79 Å². The van der Waals surface area contributed by atoms with Crippen molar-refractivity contribution in [2.75, 3.05) is 18.9 Å². The monoisotopic (exact) mass is 264 g/mol. The Morgan fingerprint density at radius 3 is 2.83 bits per heavy atom. The Kier molecular flexibility index (Phi) is 3.94. The molecule has 5 nitrogen and oxygen atoms in total. The molecule has 0 saturated carbocycles. The van der Waals surface area contributed by atoms with Gasteiger partial charge in [-0.1, -0.05) is 12.1 Å². The van der Waals surface area contributed by atoms with Crippen LogP contribution in [-0.4, -0.2) is 29.5 Å². The molecule has 6 heteroatoms. The molecule has 0 aliphatic heterocycles. The minimum atomic E-state index is -0.106. The largest absolute Gasteiger partial charge is 0.360 e. The van der Waals surface area contributed by atoms with Crippen LogP contribution in [0.4, 0.5) is 5.82 Å². The van der Waals surface area contributed by atoms with Crippen molar-refractivity contribution in [2.24, 2.45) is 0 Å². The van der Waals surface area contributed by atoms with Gasteiger partial charge in [-0.25, -0.2) is 9.97 Å². The van der Waals surface area contributed by atoms with Crippen molar-refractivity contribution >= 4 is 34.2 Å². The first-order chi connectivity index (χ1) is 8.74. The molecule has 0 aliphatic rings. The molecule has 0 bridgehead atoms. The third-order valence-electron chi connectivity index (χ3n) is 2.46. The number of nitrogens with one attached hydrogen (secondary N) is 2. The highest BCUT2D eigenvalue weighted by Gasteiger charge is 2.07. The van der Waals surface area contributed by atoms with Gasteiger partial charge in [0.25, 0.3) is 0 Å². The standard InChI is InChI=1S/C12H13ClN4O/c1-14-11(18)7-15-12-8-4-2-3-5-9(8)16-10(6-13)17-12/h2-5H,6-7H2,1H3,(H,14,18)(H,15,16,17). The van der Waals surface area contributed by atoms with Gasteiger partial charge in [0.05, 0.1) is 17.9 Å². The Morgan fingerprint density at radius 2 is 2.11 bits per heavy atom. The van der Waals surface area contributed by atoms with Crippen LogP contribution in [0.5, 0.6) is 0 Å². The van der Waals surface area contributed by atoms with Crippen LogP contribution in [0.1, 0.15) is 5.82 Å². The highest BCUT2D eigenvalue weighted by atomic mass is 35.5. The molecule has 1 aromatic heterocycles. The average Bonchev–Trinajstić information content (AvgIpc) is 2.43. The maximum Gasteiger partial charge on any atom is 0.239 e. The molecule has 2 aromatic rings. The lowest BCUT2D eigenvalue weighted by molar-refractivity contribution is -0.118. The minimum absolute atomic E-state index is 0.106. The molecule has 18 heavy (non-hydrogen) atoms. The first-order valence-electron chi connectivity index (χ1n) is 5.50. The van der Waals surface area contributed by atoms with Gasteiger partial charge < -0.3 is 10.6 Å². The van der Waals surface area contributed by atoms with E-state index >= 15 is 0 Å². The Morgan fingerprint density at radius 1 is 1.33 bits per heavy atom. The second-order valence-electron chi connectivity index (χ2n) is 3.67. The summed E-state index contributed by atoms with van der Waals surface area (Å²) in [4.78, 5) is 19.8. The number of anilines is 1. The number of benzene rings is 1. The number of fused-ring (bicyclic) bond motifs is 1. The van der Waals surface area contributed by atoms with Crippen LogP contribution in [0.3, 0.4) is 0 Å². The Balaban J connectivity index is 2.37. The number of amides is 1. The Labute approximate surface area is 110 Å². The van der Waals surface area contributed by atoms with Crippen molar-refractivity contribution in [1.29, 1.82) is 0 Å². The summed E-state index contributed by atoms with van der Waals surface area (Å²) in [6.45, 7) is 0.166. The van der Waals surface area contributed by atoms with Crippen molar-refractivity contribution in [3.63, 3.8) is 0 Å². The molecule has 2 N–H and O–H groups in total. The summed E-state index contributed by atoms with van der Waals surface area (Å²) in [5, 5.41) is 6.40. The van der Waals surface area contributed by atoms with Crippen LogP contribution < -0.4 is 10.6 Å². The molecule has 1 amide bonds. The summed E-state index contributed by atoms with van der Waals surface area (Å²) in [7, 11) is 1.59. The fourth-order valence-electron chi connectivity index (χ4n) is 1.57. The number of hydrogen-bond acceptors (Lipinski definition) is 4. The van der Waals surface area contributed by atoms with Gasteiger partial charge in [0, 0.05) is 12.4 Å². The Bertz CT molecular complexity index is 573. The molecule has 0 aliphatic carbocycles. The number of alkyl halides is 1. The molecule has 0 radical (unpaired) electrons. The first kappa shape index (κ1) is 12.6. The Hall–Kier alpha value is -1.88. The van der Waals surface area contributed by atoms with Crippen molar-refractivity contribution in [2.45, 2.75) is 5.88 Å². The van der Waals surface area contributed by atoms with Gasteiger partial charge in [0.15, 0.2) is 0 Å². The van der Waals surface area contributed by atoms with Gasteiger partial charge in [-0.05, 0) is 12.1 Å². The number of carbonyl (C=O) groups is 1. The van der Waals surface area contributed by atoms with Crippen LogP contribution in [0, 0.1) is 0 Å². The van der Waals surface area contributed by atoms with Crippen LogP contribution in [0.25, 0.3) is 10.9 Å². The van der Waals surface area contributed by atoms with Crippen LogP contribution in [0.2, 0.25) is 0 Å². The lowest BCUT2D eigenvalue weighted by Crippen LogP contribution is -2.26. The van der Waals surface area contributed by atoms with Gasteiger partial charge in [-0.2, -0.15) is 0 Å². The van der Waals surface area contributed by atoms with E-state index in [0.29, 0.717) is 11.6 Å². The van der Waals surface area contributed by atoms with E-state index < -0.39 is 0 Å². The second-order valence-corrected chi connectivity index (χ2v) is 3.93. The normalized spacial score (nSPS) is 10.3. The molecule has 0 spiro atoms. The van der Waals surface area contributed by atoms with Crippen LogP contribution in [-0.2, 0) is 10.7 Å². The highest BCUT2D eigenvalue weighted by Crippen LogP contribution is 2.20. The zero-order valence-corrected chi connectivity index (χ0v) is 10.7. The highest BCUT2D eigenvalue weighted by molar-refractivity contribution is 6.16. The fraction of sp³-hybridized carbons (Fsp3) is 0.250. The van der Waals surface area contributed by atoms with Gasteiger partial charge in [0.2, 0.25) is 5.91 Å². The van der Waals surface area contributed by atoms with E-state index in [9.17, 15) is 4.79 Å². The summed E-state index contributed by atoms with van der Waals surface area (Å²) in [5.41, 5.74) is 0.808. The summed E-state index contributed by atoms with van der Waals surface area (Å²) >= 11 is 5.76. The minimum Gasteiger partial charge on any atom is -0.360 e. The lowest BCUT2D eigenvalue weighted by Gasteiger charge is -2.09. The fourth-order valence-corrected chi connectivity index (χ4v) is 1.69. The molecule has 0 atom stereocenters. The molecule has 0 unspecified atom stereocenters. The number of aromatic nitrogens is 2. The van der Waals surface area contributed by atoms with Crippen LogP contribution >= 0.6 is 11.6 Å². The second kappa shape index (κ2) is 5.64. The maximum absolute atomic E-state index is 11.2. The zero-order chi connectivity index (χ0) is 13.0. The first-order valence-corrected chi connectivity index (χ1v) is 6.04. The van der Waals surface area contributed by atoms with Crippen molar-refractivity contribution in [3.8, 4) is 0 Å². The molecule has 1 aromatic carbocycles. The molecular weight excluding hydrogens is 252 g/mol. The molecule has 0 fully saturated rings. The van der Waals surface area contributed by atoms with Gasteiger partial charge >= 0.3 is 0 Å². The maximum atomic E-state index is 11.2. The smallest absolute Gasteiger partial charge is 0.239 e. The van der Waals surface area contributed by atoms with E-state index in [-0.39, 0.29) is 18.3 Å². The van der Waals surface area contributed by atoms with Gasteiger partial charge in [0.1, 0.15) is 11.6 Å². The predicted octanol–water partition coefficient (Wildman–Crippen LogP) is 1.53. The quantitative estimate of drug-likeness (QED) is 0.822. The number of likely N-dealkylation sites (N-methyl/N-ethyl adjacent to an activating group) is 1. The predicted molar refractivity (Wildman–Crippen MR) is 71.7 cm³/mol. The van der Waals surface area contributed by atoms with Crippen molar-refractivity contribution < 1.29 is 4.79 Å². The topological polar surface area (TPSA) is 66.9 Å². The molecular formula is C12H13ClN4O. The molecule has 2 rings (SSSR count). The average molecular weight is 265 g/mol. The number of nitrogens with zero attached hydrogens (tertiary/aromatic N) is 2. The number of halogens is 1. The summed E-state index contributed by atoms with van der Waals surface area (Å²) in [5.74, 6) is 1.29. The lowest BCUT2D eigenvalue weighted by atomic mass is 10.2. The van der Waals surface area contributed by atoms with E-state index in [1.165, 1.54) is 0 Å². The number of hydrogen-bond donors (Lipinski definition) is 2. The molecule has 94 valence electrons. The number of para-hydroxylation sites is 1. The van der Waals surface area contributed by atoms with E-state index in [0.717, 1.165) is 10.9 Å². The zero-order valence-electron chi connectivity index (χ0n) is 9.90. The SMILES string of the molecule is CNC(=O)CNc1nc(CCl)nc2ccccc12. The van der Waals surface area contributed by atoms with E-state index in [4.69, 9.17) is 11.6 Å². The summed E-state index contributed by atoms with van der Waals surface area (Å²) < 4.78 is 0. The van der Waals surface area contributed by atoms with Crippen molar-refractivity contribution in [3.05, 3.63) is 30.1 Å².